The number of hydrogen-bond acceptors (Lipinski definition) is 6. The number of aromatic nitrogens is 2. The first kappa shape index (κ1) is 16.2. The van der Waals surface area contributed by atoms with E-state index in [0.717, 1.165) is 0 Å². The summed E-state index contributed by atoms with van der Waals surface area (Å²) in [5.41, 5.74) is 7.09. The van der Waals surface area contributed by atoms with Gasteiger partial charge in [-0.3, -0.25) is 14.7 Å². The predicted octanol–water partition coefficient (Wildman–Crippen LogP) is 3.03. The summed E-state index contributed by atoms with van der Waals surface area (Å²) in [6.45, 7) is -1.41. The van der Waals surface area contributed by atoms with E-state index in [-0.39, 0.29) is 11.3 Å². The number of amides is 1. The van der Waals surface area contributed by atoms with Crippen LogP contribution in [0.3, 0.4) is 0 Å². The molecule has 2 N–H and O–H groups in total. The highest BCUT2D eigenvalue weighted by atomic mass is 19.4. The minimum Gasteiger partial charge on any atom is -0.384 e. The van der Waals surface area contributed by atoms with Crippen molar-refractivity contribution in [1.82, 2.24) is 9.97 Å². The Morgan fingerprint density at radius 1 is 1.19 bits per heavy atom. The molecule has 2 aromatic heterocycles. The Hall–Kier alpha value is -3.30. The van der Waals surface area contributed by atoms with Gasteiger partial charge in [0.1, 0.15) is 18.4 Å². The van der Waals surface area contributed by atoms with Gasteiger partial charge in [0.2, 0.25) is 0 Å². The maximum Gasteiger partial charge on any atom is 0.406 e. The van der Waals surface area contributed by atoms with Crippen molar-refractivity contribution >= 4 is 17.4 Å². The number of alkyl halides is 3. The molecule has 1 amide bonds. The number of nitrogen functional groups attached to an aromatic ring is 1. The molecule has 0 radical (unpaired) electrons. The van der Waals surface area contributed by atoms with E-state index < -0.39 is 24.7 Å². The van der Waals surface area contributed by atoms with Crippen molar-refractivity contribution in [1.29, 1.82) is 0 Å². The molecule has 4 heterocycles. The summed E-state index contributed by atoms with van der Waals surface area (Å²) in [4.78, 5) is 21.4. The number of nitrogens with zero attached hydrogens (tertiary/aromatic N) is 5. The first-order valence-electron chi connectivity index (χ1n) is 7.54. The quantitative estimate of drug-likeness (QED) is 0.890. The Labute approximate surface area is 145 Å². The normalized spacial score (nSPS) is 18.6. The van der Waals surface area contributed by atoms with Crippen molar-refractivity contribution in [3.8, 4) is 11.3 Å². The smallest absolute Gasteiger partial charge is 0.384 e. The molecule has 0 aromatic carbocycles. The Balaban J connectivity index is 1.84. The summed E-state index contributed by atoms with van der Waals surface area (Å²) in [5.74, 6) is -0.459. The standard InChI is InChI=1S/C16H11F3N6O/c17-16(18,19)7-25-12-3-11(8-1-2-13(20)22-4-8)21-5-9(12)14-10(15(25)26)6-23-24-14/h1-6,14H,7H2,(H2,20,22). The molecule has 1 atom stereocenters. The van der Waals surface area contributed by atoms with E-state index in [1.54, 1.807) is 12.1 Å². The van der Waals surface area contributed by atoms with Crippen LogP contribution < -0.4 is 10.6 Å². The first-order valence-corrected chi connectivity index (χ1v) is 7.54. The lowest BCUT2D eigenvalue weighted by Gasteiger charge is -2.32. The molecule has 0 saturated heterocycles. The zero-order valence-corrected chi connectivity index (χ0v) is 13.1. The lowest BCUT2D eigenvalue weighted by molar-refractivity contribution is -0.130. The molecule has 4 rings (SSSR count). The number of anilines is 2. The molecule has 2 aromatic rings. The number of fused-ring (bicyclic) bond motifs is 3. The van der Waals surface area contributed by atoms with E-state index in [0.29, 0.717) is 27.5 Å². The Morgan fingerprint density at radius 3 is 2.69 bits per heavy atom. The van der Waals surface area contributed by atoms with Crippen molar-refractivity contribution in [3.05, 3.63) is 47.9 Å². The SMILES string of the molecule is Nc1ccc(-c2cc3c(cn2)C2N=NC=C2C(=O)N3CC(F)(F)F)cn1. The highest BCUT2D eigenvalue weighted by Gasteiger charge is 2.43. The van der Waals surface area contributed by atoms with Gasteiger partial charge in [-0.15, -0.1) is 0 Å². The van der Waals surface area contributed by atoms with Crippen LogP contribution in [0, 0.1) is 0 Å². The van der Waals surface area contributed by atoms with Crippen LogP contribution in [0.25, 0.3) is 11.3 Å². The molecule has 2 aliphatic heterocycles. The second-order valence-corrected chi connectivity index (χ2v) is 5.82. The molecule has 0 aliphatic carbocycles. The van der Waals surface area contributed by atoms with Crippen molar-refractivity contribution in [2.75, 3.05) is 17.2 Å². The van der Waals surface area contributed by atoms with Crippen molar-refractivity contribution < 1.29 is 18.0 Å². The van der Waals surface area contributed by atoms with Crippen LogP contribution in [0.15, 0.2) is 52.6 Å². The molecule has 0 saturated carbocycles. The second-order valence-electron chi connectivity index (χ2n) is 5.82. The predicted molar refractivity (Wildman–Crippen MR) is 86.0 cm³/mol. The first-order chi connectivity index (χ1) is 12.3. The molecule has 26 heavy (non-hydrogen) atoms. The summed E-state index contributed by atoms with van der Waals surface area (Å²) in [6.07, 6.45) is -0.486. The number of carbonyl (C=O) groups is 1. The van der Waals surface area contributed by atoms with E-state index in [1.807, 2.05) is 0 Å². The Bertz CT molecular complexity index is 951. The van der Waals surface area contributed by atoms with Gasteiger partial charge in [-0.2, -0.15) is 23.4 Å². The van der Waals surface area contributed by atoms with Crippen LogP contribution in [-0.2, 0) is 4.79 Å². The van der Waals surface area contributed by atoms with Crippen LogP contribution in [0.2, 0.25) is 0 Å². The fourth-order valence-corrected chi connectivity index (χ4v) is 2.91. The number of azo groups is 1. The minimum atomic E-state index is -4.56. The molecule has 0 spiro atoms. The molecule has 1 unspecified atom stereocenters. The van der Waals surface area contributed by atoms with Gasteiger partial charge in [-0.1, -0.05) is 0 Å². The third-order valence-electron chi connectivity index (χ3n) is 4.08. The van der Waals surface area contributed by atoms with Crippen LogP contribution >= 0.6 is 0 Å². The number of halogens is 3. The van der Waals surface area contributed by atoms with Gasteiger partial charge in [0.15, 0.2) is 0 Å². The molecule has 132 valence electrons. The van der Waals surface area contributed by atoms with Crippen molar-refractivity contribution in [2.45, 2.75) is 12.2 Å². The minimum absolute atomic E-state index is 0.102. The maximum absolute atomic E-state index is 13.0. The Morgan fingerprint density at radius 2 is 2.00 bits per heavy atom. The van der Waals surface area contributed by atoms with Gasteiger partial charge in [-0.25, -0.2) is 4.98 Å². The number of rotatable bonds is 2. The van der Waals surface area contributed by atoms with Crippen molar-refractivity contribution in [2.24, 2.45) is 10.2 Å². The summed E-state index contributed by atoms with van der Waals surface area (Å²) in [7, 11) is 0. The molecule has 10 heteroatoms. The average Bonchev–Trinajstić information content (AvgIpc) is 3.08. The summed E-state index contributed by atoms with van der Waals surface area (Å²) in [6, 6.07) is 3.90. The van der Waals surface area contributed by atoms with Crippen LogP contribution in [-0.4, -0.2) is 28.6 Å². The van der Waals surface area contributed by atoms with E-state index in [1.165, 1.54) is 24.7 Å². The fraction of sp³-hybridized carbons (Fsp3) is 0.188. The monoisotopic (exact) mass is 360 g/mol. The highest BCUT2D eigenvalue weighted by molar-refractivity contribution is 6.10. The largest absolute Gasteiger partial charge is 0.406 e. The van der Waals surface area contributed by atoms with E-state index in [4.69, 9.17) is 5.73 Å². The van der Waals surface area contributed by atoms with Gasteiger partial charge in [0.05, 0.1) is 23.2 Å². The Kier molecular flexibility index (Phi) is 3.49. The third kappa shape index (κ3) is 2.68. The molecule has 0 fully saturated rings. The number of hydrogen-bond donors (Lipinski definition) is 1. The summed E-state index contributed by atoms with van der Waals surface area (Å²) in [5, 5.41) is 7.61. The molecule has 2 aliphatic rings. The summed E-state index contributed by atoms with van der Waals surface area (Å²) >= 11 is 0. The topological polar surface area (TPSA) is 96.8 Å². The van der Waals surface area contributed by atoms with Gasteiger partial charge in [0.25, 0.3) is 5.91 Å². The zero-order valence-electron chi connectivity index (χ0n) is 13.1. The lowest BCUT2D eigenvalue weighted by atomic mass is 9.93. The van der Waals surface area contributed by atoms with E-state index >= 15 is 0 Å². The maximum atomic E-state index is 13.0. The van der Waals surface area contributed by atoms with Gasteiger partial charge < -0.3 is 5.73 Å². The zero-order chi connectivity index (χ0) is 18.5. The number of carbonyl (C=O) groups excluding carboxylic acids is 1. The second kappa shape index (κ2) is 5.61. The van der Waals surface area contributed by atoms with Gasteiger partial charge in [0, 0.05) is 23.5 Å². The van der Waals surface area contributed by atoms with E-state index in [2.05, 4.69) is 20.2 Å². The van der Waals surface area contributed by atoms with Crippen molar-refractivity contribution in [3.63, 3.8) is 0 Å². The van der Waals surface area contributed by atoms with Gasteiger partial charge in [-0.05, 0) is 18.2 Å². The third-order valence-corrected chi connectivity index (χ3v) is 4.08. The van der Waals surface area contributed by atoms with Crippen LogP contribution in [0.5, 0.6) is 0 Å². The van der Waals surface area contributed by atoms with Crippen LogP contribution in [0.1, 0.15) is 11.6 Å². The average molecular weight is 360 g/mol. The molecular formula is C16H11F3N6O. The molecular weight excluding hydrogens is 349 g/mol. The van der Waals surface area contributed by atoms with Gasteiger partial charge >= 0.3 is 6.18 Å². The van der Waals surface area contributed by atoms with Crippen LogP contribution in [0.4, 0.5) is 24.7 Å². The lowest BCUT2D eigenvalue weighted by Crippen LogP contribution is -2.43. The van der Waals surface area contributed by atoms with E-state index in [9.17, 15) is 18.0 Å². The molecule has 0 bridgehead atoms. The summed E-state index contributed by atoms with van der Waals surface area (Å²) < 4.78 is 39.1. The fourth-order valence-electron chi connectivity index (χ4n) is 2.91. The molecule has 7 nitrogen and oxygen atoms in total. The number of pyridine rings is 2. The number of nitrogens with two attached hydrogens (primary N) is 1. The highest BCUT2D eigenvalue weighted by Crippen LogP contribution is 2.44.